The summed E-state index contributed by atoms with van der Waals surface area (Å²) in [6, 6.07) is 13.1. The van der Waals surface area contributed by atoms with Crippen molar-refractivity contribution in [2.45, 2.75) is 20.4 Å². The standard InChI is InChI=1S/C20H24N2O3/c1-14-9-10-16(15(2)11-14)12-22(3)13-19(23)21-18-8-6-5-7-17(18)20(24)25-4/h5-11H,12-13H2,1-4H3,(H,21,23). The lowest BCUT2D eigenvalue weighted by molar-refractivity contribution is -0.117. The molecule has 0 aliphatic heterocycles. The molecule has 0 atom stereocenters. The quantitative estimate of drug-likeness (QED) is 0.821. The molecule has 0 saturated heterocycles. The van der Waals surface area contributed by atoms with Gasteiger partial charge in [-0.2, -0.15) is 0 Å². The summed E-state index contributed by atoms with van der Waals surface area (Å²) >= 11 is 0. The zero-order chi connectivity index (χ0) is 18.4. The number of anilines is 1. The fourth-order valence-electron chi connectivity index (χ4n) is 2.68. The van der Waals surface area contributed by atoms with Gasteiger partial charge in [-0.1, -0.05) is 35.9 Å². The second kappa shape index (κ2) is 8.44. The van der Waals surface area contributed by atoms with Gasteiger partial charge in [-0.25, -0.2) is 4.79 Å². The summed E-state index contributed by atoms with van der Waals surface area (Å²) in [6.45, 7) is 5.04. The summed E-state index contributed by atoms with van der Waals surface area (Å²) in [5, 5.41) is 2.78. The number of nitrogens with one attached hydrogen (secondary N) is 1. The highest BCUT2D eigenvalue weighted by Gasteiger charge is 2.14. The number of carbonyl (C=O) groups is 2. The minimum absolute atomic E-state index is 0.177. The van der Waals surface area contributed by atoms with Crippen LogP contribution in [0.15, 0.2) is 42.5 Å². The minimum Gasteiger partial charge on any atom is -0.465 e. The Morgan fingerprint density at radius 2 is 1.84 bits per heavy atom. The van der Waals surface area contributed by atoms with Crippen LogP contribution in [0.4, 0.5) is 5.69 Å². The first-order valence-electron chi connectivity index (χ1n) is 8.12. The SMILES string of the molecule is COC(=O)c1ccccc1NC(=O)CN(C)Cc1ccc(C)cc1C. The predicted octanol–water partition coefficient (Wildman–Crippen LogP) is 3.16. The van der Waals surface area contributed by atoms with Crippen molar-refractivity contribution in [1.82, 2.24) is 4.90 Å². The minimum atomic E-state index is -0.473. The van der Waals surface area contributed by atoms with E-state index in [4.69, 9.17) is 4.74 Å². The number of hydrogen-bond acceptors (Lipinski definition) is 4. The van der Waals surface area contributed by atoms with Gasteiger partial charge in [0.1, 0.15) is 0 Å². The van der Waals surface area contributed by atoms with Crippen LogP contribution < -0.4 is 5.32 Å². The van der Waals surface area contributed by atoms with Crippen LogP contribution in [-0.4, -0.2) is 37.5 Å². The number of nitrogens with zero attached hydrogens (tertiary/aromatic N) is 1. The number of rotatable bonds is 6. The van der Waals surface area contributed by atoms with Gasteiger partial charge in [0.05, 0.1) is 24.9 Å². The molecule has 2 aromatic carbocycles. The highest BCUT2D eigenvalue weighted by atomic mass is 16.5. The molecule has 0 heterocycles. The number of aryl methyl sites for hydroxylation is 2. The Morgan fingerprint density at radius 3 is 2.52 bits per heavy atom. The van der Waals surface area contributed by atoms with Gasteiger partial charge in [0, 0.05) is 6.54 Å². The molecule has 1 amide bonds. The Balaban J connectivity index is 1.99. The second-order valence-electron chi connectivity index (χ2n) is 6.19. The number of likely N-dealkylation sites (N-methyl/N-ethyl adjacent to an activating group) is 1. The third kappa shape index (κ3) is 5.16. The molecule has 0 fully saturated rings. The van der Waals surface area contributed by atoms with Gasteiger partial charge in [0.25, 0.3) is 0 Å². The molecule has 5 nitrogen and oxygen atoms in total. The van der Waals surface area contributed by atoms with Crippen molar-refractivity contribution in [3.8, 4) is 0 Å². The summed E-state index contributed by atoms with van der Waals surface area (Å²) < 4.78 is 4.74. The van der Waals surface area contributed by atoms with Crippen molar-refractivity contribution in [3.05, 3.63) is 64.7 Å². The Labute approximate surface area is 148 Å². The van der Waals surface area contributed by atoms with Gasteiger partial charge >= 0.3 is 5.97 Å². The van der Waals surface area contributed by atoms with E-state index >= 15 is 0 Å². The van der Waals surface area contributed by atoms with Gasteiger partial charge in [-0.15, -0.1) is 0 Å². The molecule has 0 aliphatic carbocycles. The van der Waals surface area contributed by atoms with Crippen molar-refractivity contribution in [2.24, 2.45) is 0 Å². The van der Waals surface area contributed by atoms with Crippen LogP contribution in [0, 0.1) is 13.8 Å². The lowest BCUT2D eigenvalue weighted by Crippen LogP contribution is -2.30. The third-order valence-corrected chi connectivity index (χ3v) is 3.96. The molecule has 0 radical (unpaired) electrons. The molecule has 2 aromatic rings. The first kappa shape index (κ1) is 18.7. The van der Waals surface area contributed by atoms with E-state index in [0.717, 1.165) is 0 Å². The molecular weight excluding hydrogens is 316 g/mol. The van der Waals surface area contributed by atoms with Crippen LogP contribution in [0.5, 0.6) is 0 Å². The molecule has 0 saturated carbocycles. The number of benzene rings is 2. The molecule has 5 heteroatoms. The van der Waals surface area contributed by atoms with Crippen LogP contribution in [0.3, 0.4) is 0 Å². The summed E-state index contributed by atoms with van der Waals surface area (Å²) in [7, 11) is 3.21. The first-order chi connectivity index (χ1) is 11.9. The molecule has 0 aromatic heterocycles. The molecule has 1 N–H and O–H groups in total. The average molecular weight is 340 g/mol. The van der Waals surface area contributed by atoms with Crippen LogP contribution in [0.2, 0.25) is 0 Å². The van der Waals surface area contributed by atoms with Gasteiger partial charge in [0.2, 0.25) is 5.91 Å². The third-order valence-electron chi connectivity index (χ3n) is 3.96. The summed E-state index contributed by atoms with van der Waals surface area (Å²) in [5.74, 6) is -0.650. The van der Waals surface area contributed by atoms with Crippen LogP contribution in [0.1, 0.15) is 27.0 Å². The van der Waals surface area contributed by atoms with E-state index in [2.05, 4.69) is 37.4 Å². The molecule has 0 aliphatic rings. The van der Waals surface area contributed by atoms with E-state index in [0.29, 0.717) is 17.8 Å². The molecule has 25 heavy (non-hydrogen) atoms. The van der Waals surface area contributed by atoms with Gasteiger partial charge in [-0.3, -0.25) is 9.69 Å². The molecular formula is C20H24N2O3. The largest absolute Gasteiger partial charge is 0.465 e. The Kier molecular flexibility index (Phi) is 6.31. The van der Waals surface area contributed by atoms with Crippen molar-refractivity contribution in [3.63, 3.8) is 0 Å². The van der Waals surface area contributed by atoms with Crippen LogP contribution in [-0.2, 0) is 16.1 Å². The van der Waals surface area contributed by atoms with Gasteiger partial charge in [0.15, 0.2) is 0 Å². The zero-order valence-electron chi connectivity index (χ0n) is 15.1. The van der Waals surface area contributed by atoms with Crippen LogP contribution >= 0.6 is 0 Å². The van der Waals surface area contributed by atoms with Crippen molar-refractivity contribution < 1.29 is 14.3 Å². The molecule has 0 unspecified atom stereocenters. The lowest BCUT2D eigenvalue weighted by Gasteiger charge is -2.18. The topological polar surface area (TPSA) is 58.6 Å². The van der Waals surface area contributed by atoms with E-state index in [1.165, 1.54) is 23.8 Å². The Hall–Kier alpha value is -2.66. The smallest absolute Gasteiger partial charge is 0.339 e. The maximum absolute atomic E-state index is 12.3. The number of esters is 1. The van der Waals surface area contributed by atoms with Crippen molar-refractivity contribution in [1.29, 1.82) is 0 Å². The highest BCUT2D eigenvalue weighted by molar-refractivity contribution is 6.01. The first-order valence-corrected chi connectivity index (χ1v) is 8.12. The van der Waals surface area contributed by atoms with Gasteiger partial charge in [-0.05, 0) is 44.2 Å². The van der Waals surface area contributed by atoms with E-state index in [1.54, 1.807) is 24.3 Å². The average Bonchev–Trinajstić information content (AvgIpc) is 2.57. The normalized spacial score (nSPS) is 10.6. The lowest BCUT2D eigenvalue weighted by atomic mass is 10.1. The van der Waals surface area contributed by atoms with Gasteiger partial charge < -0.3 is 10.1 Å². The second-order valence-corrected chi connectivity index (χ2v) is 6.19. The zero-order valence-corrected chi connectivity index (χ0v) is 15.1. The number of methoxy groups -OCH3 is 1. The molecule has 0 spiro atoms. The molecule has 0 bridgehead atoms. The summed E-state index contributed by atoms with van der Waals surface area (Å²) in [6.07, 6.45) is 0. The fourth-order valence-corrected chi connectivity index (χ4v) is 2.68. The number of ether oxygens (including phenoxy) is 1. The summed E-state index contributed by atoms with van der Waals surface area (Å²) in [5.41, 5.74) is 4.43. The molecule has 2 rings (SSSR count). The van der Waals surface area contributed by atoms with Crippen molar-refractivity contribution in [2.75, 3.05) is 26.0 Å². The Morgan fingerprint density at radius 1 is 1.12 bits per heavy atom. The maximum atomic E-state index is 12.3. The maximum Gasteiger partial charge on any atom is 0.339 e. The number of carbonyl (C=O) groups excluding carboxylic acids is 2. The number of para-hydroxylation sites is 1. The van der Waals surface area contributed by atoms with E-state index < -0.39 is 5.97 Å². The van der Waals surface area contributed by atoms with Crippen LogP contribution in [0.25, 0.3) is 0 Å². The fraction of sp³-hybridized carbons (Fsp3) is 0.300. The Bertz CT molecular complexity index is 771. The molecule has 132 valence electrons. The van der Waals surface area contributed by atoms with Crippen molar-refractivity contribution >= 4 is 17.6 Å². The predicted molar refractivity (Wildman–Crippen MR) is 98.7 cm³/mol. The highest BCUT2D eigenvalue weighted by Crippen LogP contribution is 2.16. The number of amides is 1. The monoisotopic (exact) mass is 340 g/mol. The van der Waals surface area contributed by atoms with E-state index in [1.807, 2.05) is 11.9 Å². The number of hydrogen-bond donors (Lipinski definition) is 1. The van der Waals surface area contributed by atoms with E-state index in [-0.39, 0.29) is 12.5 Å². The summed E-state index contributed by atoms with van der Waals surface area (Å²) in [4.78, 5) is 26.0. The van der Waals surface area contributed by atoms with E-state index in [9.17, 15) is 9.59 Å².